The molecule has 0 atom stereocenters. The predicted octanol–water partition coefficient (Wildman–Crippen LogP) is 1.76. The highest BCUT2D eigenvalue weighted by atomic mass is 32.1. The van der Waals surface area contributed by atoms with E-state index in [1.807, 2.05) is 6.08 Å². The quantitative estimate of drug-likeness (QED) is 0.607. The molecule has 2 rings (SSSR count). The minimum Gasteiger partial charge on any atom is -0.473 e. The van der Waals surface area contributed by atoms with Crippen molar-refractivity contribution in [1.82, 2.24) is 13.6 Å². The number of allylic oxidation sites excluding steroid dienone is 1. The van der Waals surface area contributed by atoms with Crippen molar-refractivity contribution in [3.05, 3.63) is 23.9 Å². The molecule has 0 spiro atoms. The Balaban J connectivity index is 0.000000413. The zero-order chi connectivity index (χ0) is 17.9. The fraction of sp³-hybridized carbons (Fsp3) is 0.467. The normalized spacial score (nSPS) is 14.7. The number of ether oxygens (including phenoxy) is 1. The summed E-state index contributed by atoms with van der Waals surface area (Å²) in [7, 11) is 2.12. The summed E-state index contributed by atoms with van der Waals surface area (Å²) < 4.78 is 14.2. The van der Waals surface area contributed by atoms with Gasteiger partial charge in [-0.1, -0.05) is 25.2 Å². The lowest BCUT2D eigenvalue weighted by Gasteiger charge is -2.21. The lowest BCUT2D eigenvalue weighted by atomic mass is 10.1. The van der Waals surface area contributed by atoms with Gasteiger partial charge in [0.25, 0.3) is 5.88 Å². The number of hydrogen-bond acceptors (Lipinski definition) is 7. The van der Waals surface area contributed by atoms with E-state index in [0.717, 1.165) is 31.6 Å². The van der Waals surface area contributed by atoms with Crippen molar-refractivity contribution in [3.8, 4) is 5.88 Å². The average Bonchev–Trinajstić information content (AvgIpc) is 3.00. The molecule has 1 aromatic heterocycles. The van der Waals surface area contributed by atoms with E-state index >= 15 is 0 Å². The first-order valence-electron chi connectivity index (χ1n) is 7.40. The highest BCUT2D eigenvalue weighted by Gasteiger charge is 2.18. The molecule has 1 aliphatic rings. The van der Waals surface area contributed by atoms with Crippen LogP contribution < -0.4 is 4.74 Å². The second kappa shape index (κ2) is 10.5. The third-order valence-electron chi connectivity index (χ3n) is 3.01. The number of carboxylic acid groups (broad SMARTS) is 2. The van der Waals surface area contributed by atoms with Crippen molar-refractivity contribution >= 4 is 29.2 Å². The summed E-state index contributed by atoms with van der Waals surface area (Å²) in [6, 6.07) is 0. The summed E-state index contributed by atoms with van der Waals surface area (Å²) >= 11 is 1.22. The van der Waals surface area contributed by atoms with Gasteiger partial charge < -0.3 is 19.8 Å². The predicted molar refractivity (Wildman–Crippen MR) is 90.2 cm³/mol. The summed E-state index contributed by atoms with van der Waals surface area (Å²) in [4.78, 5) is 20.5. The van der Waals surface area contributed by atoms with Gasteiger partial charge in [-0.15, -0.1) is 4.37 Å². The van der Waals surface area contributed by atoms with E-state index in [-0.39, 0.29) is 0 Å². The first-order chi connectivity index (χ1) is 11.5. The molecule has 9 heteroatoms. The molecule has 0 aliphatic carbocycles. The Bertz CT molecular complexity index is 600. The van der Waals surface area contributed by atoms with Crippen LogP contribution in [0.3, 0.4) is 0 Å². The van der Waals surface area contributed by atoms with Crippen molar-refractivity contribution in [2.45, 2.75) is 19.8 Å². The van der Waals surface area contributed by atoms with Crippen LogP contribution in [0.15, 0.2) is 18.2 Å². The highest BCUT2D eigenvalue weighted by Crippen LogP contribution is 2.26. The minimum absolute atomic E-state index is 0.565. The molecule has 0 bridgehead atoms. The molecule has 1 aromatic rings. The van der Waals surface area contributed by atoms with Gasteiger partial charge in [0.05, 0.1) is 11.7 Å². The Morgan fingerprint density at radius 3 is 2.62 bits per heavy atom. The molecule has 0 radical (unpaired) electrons. The summed E-state index contributed by atoms with van der Waals surface area (Å²) in [6.45, 7) is 4.70. The third kappa shape index (κ3) is 6.88. The number of aliphatic carboxylic acids is 2. The summed E-state index contributed by atoms with van der Waals surface area (Å²) in [5.41, 5.74) is 2.14. The number of rotatable bonds is 5. The van der Waals surface area contributed by atoms with Gasteiger partial charge in [-0.3, -0.25) is 0 Å². The second-order valence-corrected chi connectivity index (χ2v) is 5.50. The topological polar surface area (TPSA) is 113 Å². The molecular formula is C15H21N3O5S. The van der Waals surface area contributed by atoms with E-state index in [1.165, 1.54) is 17.3 Å². The summed E-state index contributed by atoms with van der Waals surface area (Å²) in [6.07, 6.45) is 8.45. The van der Waals surface area contributed by atoms with Crippen LogP contribution in [-0.4, -0.2) is 62.5 Å². The van der Waals surface area contributed by atoms with E-state index in [2.05, 4.69) is 39.8 Å². The molecule has 2 heterocycles. The van der Waals surface area contributed by atoms with Crippen molar-refractivity contribution < 1.29 is 24.5 Å². The van der Waals surface area contributed by atoms with E-state index in [0.29, 0.717) is 12.5 Å². The lowest BCUT2D eigenvalue weighted by Crippen LogP contribution is -2.25. The van der Waals surface area contributed by atoms with Crippen molar-refractivity contribution in [2.24, 2.45) is 0 Å². The van der Waals surface area contributed by atoms with Crippen LogP contribution in [0.1, 0.15) is 25.5 Å². The molecule has 1 aliphatic heterocycles. The van der Waals surface area contributed by atoms with Crippen LogP contribution in [0, 0.1) is 0 Å². The number of hydrogen-bond donors (Lipinski definition) is 2. The maximum absolute atomic E-state index is 9.10. The molecule has 0 aromatic carbocycles. The van der Waals surface area contributed by atoms with E-state index in [9.17, 15) is 0 Å². The Labute approximate surface area is 144 Å². The molecule has 8 nitrogen and oxygen atoms in total. The van der Waals surface area contributed by atoms with Crippen LogP contribution in [0.4, 0.5) is 0 Å². The van der Waals surface area contributed by atoms with Crippen LogP contribution in [-0.2, 0) is 9.59 Å². The molecule has 0 saturated heterocycles. The molecule has 24 heavy (non-hydrogen) atoms. The number of aromatic nitrogens is 2. The smallest absolute Gasteiger partial charge is 0.414 e. The number of carboxylic acids is 2. The number of likely N-dealkylation sites (N-methyl/N-ethyl adjacent to an activating group) is 1. The molecule has 0 saturated carbocycles. The van der Waals surface area contributed by atoms with Crippen LogP contribution in [0.25, 0.3) is 5.57 Å². The van der Waals surface area contributed by atoms with Crippen LogP contribution in [0.5, 0.6) is 5.88 Å². The van der Waals surface area contributed by atoms with Crippen LogP contribution >= 0.6 is 11.7 Å². The van der Waals surface area contributed by atoms with Crippen molar-refractivity contribution in [2.75, 3.05) is 26.7 Å². The van der Waals surface area contributed by atoms with Gasteiger partial charge in [0.1, 0.15) is 12.3 Å². The van der Waals surface area contributed by atoms with Gasteiger partial charge in [0, 0.05) is 13.1 Å². The van der Waals surface area contributed by atoms with E-state index in [1.54, 1.807) is 0 Å². The standard InChI is InChI=1S/C13H19N3OS.C2H2O4/c1-3-4-5-9-17-13-12(14-18-15-13)11-7-6-8-16(2)10-11;3-1(4)2(5)6/h4-5,7H,3,6,8-10H2,1-2H3;(H,3,4)(H,5,6)/b5-4+;. The van der Waals surface area contributed by atoms with E-state index < -0.39 is 11.9 Å². The SMILES string of the molecule is CC/C=C/COc1nsnc1C1=CCCN(C)C1.O=C(O)C(=O)O. The highest BCUT2D eigenvalue weighted by molar-refractivity contribution is 6.99. The van der Waals surface area contributed by atoms with Gasteiger partial charge in [-0.2, -0.15) is 4.37 Å². The maximum Gasteiger partial charge on any atom is 0.414 e. The Morgan fingerprint density at radius 1 is 1.33 bits per heavy atom. The Kier molecular flexibility index (Phi) is 8.66. The van der Waals surface area contributed by atoms with Gasteiger partial charge >= 0.3 is 11.9 Å². The van der Waals surface area contributed by atoms with Crippen molar-refractivity contribution in [1.29, 1.82) is 0 Å². The van der Waals surface area contributed by atoms with Crippen LogP contribution in [0.2, 0.25) is 0 Å². The van der Waals surface area contributed by atoms with Gasteiger partial charge in [0.15, 0.2) is 0 Å². The molecule has 0 unspecified atom stereocenters. The zero-order valence-corrected chi connectivity index (χ0v) is 14.5. The second-order valence-electron chi connectivity index (χ2n) is 4.97. The molecule has 2 N–H and O–H groups in total. The molecule has 0 amide bonds. The number of carbonyl (C=O) groups is 2. The monoisotopic (exact) mass is 355 g/mol. The fourth-order valence-electron chi connectivity index (χ4n) is 1.90. The first-order valence-corrected chi connectivity index (χ1v) is 8.13. The summed E-state index contributed by atoms with van der Waals surface area (Å²) in [5.74, 6) is -2.98. The Hall–Kier alpha value is -2.26. The summed E-state index contributed by atoms with van der Waals surface area (Å²) in [5, 5.41) is 14.8. The molecule has 0 fully saturated rings. The largest absolute Gasteiger partial charge is 0.473 e. The minimum atomic E-state index is -1.82. The number of nitrogens with zero attached hydrogens (tertiary/aromatic N) is 3. The fourth-order valence-corrected chi connectivity index (χ4v) is 2.43. The van der Waals surface area contributed by atoms with Gasteiger partial charge in [-0.25, -0.2) is 9.59 Å². The van der Waals surface area contributed by atoms with Gasteiger partial charge in [-0.05, 0) is 25.5 Å². The maximum atomic E-state index is 9.10. The average molecular weight is 355 g/mol. The third-order valence-corrected chi connectivity index (χ3v) is 3.52. The zero-order valence-electron chi connectivity index (χ0n) is 13.6. The van der Waals surface area contributed by atoms with E-state index in [4.69, 9.17) is 24.5 Å². The molecule has 132 valence electrons. The Morgan fingerprint density at radius 2 is 2.04 bits per heavy atom. The van der Waals surface area contributed by atoms with Gasteiger partial charge in [0.2, 0.25) is 0 Å². The van der Waals surface area contributed by atoms with Crippen molar-refractivity contribution in [3.63, 3.8) is 0 Å². The lowest BCUT2D eigenvalue weighted by molar-refractivity contribution is -0.159. The molecular weight excluding hydrogens is 334 g/mol. The first kappa shape index (κ1) is 19.8.